The van der Waals surface area contributed by atoms with E-state index in [0.29, 0.717) is 6.04 Å². The van der Waals surface area contributed by atoms with Gasteiger partial charge in [0.2, 0.25) is 0 Å². The summed E-state index contributed by atoms with van der Waals surface area (Å²) < 4.78 is 0. The standard InChI is InChI=1S/C8H20N2/c1-8(9-2)6-5-7-10(3)4/h8-9H,5-7H2,1-4H3. The van der Waals surface area contributed by atoms with E-state index in [2.05, 4.69) is 31.2 Å². The molecule has 0 amide bonds. The Bertz CT molecular complexity index is 71.7. The maximum atomic E-state index is 3.22. The molecule has 0 spiro atoms. The number of hydrogen-bond donors (Lipinski definition) is 1. The second kappa shape index (κ2) is 5.69. The highest BCUT2D eigenvalue weighted by Crippen LogP contribution is 1.95. The minimum atomic E-state index is 0.667. The first-order valence-electron chi connectivity index (χ1n) is 3.98. The molecule has 0 heterocycles. The summed E-state index contributed by atoms with van der Waals surface area (Å²) in [5.41, 5.74) is 0. The molecule has 0 saturated carbocycles. The Balaban J connectivity index is 3.03. The van der Waals surface area contributed by atoms with Gasteiger partial charge in [0.05, 0.1) is 0 Å². The monoisotopic (exact) mass is 144 g/mol. The summed E-state index contributed by atoms with van der Waals surface area (Å²) in [5.74, 6) is 0. The summed E-state index contributed by atoms with van der Waals surface area (Å²) in [6.07, 6.45) is 2.56. The highest BCUT2D eigenvalue weighted by Gasteiger charge is 1.96. The van der Waals surface area contributed by atoms with Crippen LogP contribution in [0.4, 0.5) is 0 Å². The van der Waals surface area contributed by atoms with Crippen LogP contribution in [0.25, 0.3) is 0 Å². The van der Waals surface area contributed by atoms with E-state index < -0.39 is 0 Å². The van der Waals surface area contributed by atoms with Crippen molar-refractivity contribution in [1.29, 1.82) is 0 Å². The molecule has 0 radical (unpaired) electrons. The summed E-state index contributed by atoms with van der Waals surface area (Å²) >= 11 is 0. The summed E-state index contributed by atoms with van der Waals surface area (Å²) in [7, 11) is 6.24. The van der Waals surface area contributed by atoms with Gasteiger partial charge in [-0.05, 0) is 47.5 Å². The Kier molecular flexibility index (Phi) is 5.64. The van der Waals surface area contributed by atoms with Crippen molar-refractivity contribution >= 4 is 0 Å². The van der Waals surface area contributed by atoms with Crippen LogP contribution in [-0.2, 0) is 0 Å². The molecule has 1 unspecified atom stereocenters. The van der Waals surface area contributed by atoms with Crippen LogP contribution < -0.4 is 5.32 Å². The van der Waals surface area contributed by atoms with Crippen LogP contribution in [0.3, 0.4) is 0 Å². The Labute approximate surface area is 64.6 Å². The van der Waals surface area contributed by atoms with Crippen LogP contribution in [0.5, 0.6) is 0 Å². The second-order valence-electron chi connectivity index (χ2n) is 3.14. The Morgan fingerprint density at radius 2 is 2.00 bits per heavy atom. The van der Waals surface area contributed by atoms with Crippen LogP contribution >= 0.6 is 0 Å². The molecule has 1 N–H and O–H groups in total. The summed E-state index contributed by atoms with van der Waals surface area (Å²) in [5, 5.41) is 3.22. The second-order valence-corrected chi connectivity index (χ2v) is 3.14. The van der Waals surface area contributed by atoms with Crippen LogP contribution in [0.2, 0.25) is 0 Å². The molecule has 1 atom stereocenters. The smallest absolute Gasteiger partial charge is 0.00362 e. The normalized spacial score (nSPS) is 14.1. The number of nitrogens with zero attached hydrogens (tertiary/aromatic N) is 1. The van der Waals surface area contributed by atoms with Crippen LogP contribution in [-0.4, -0.2) is 38.6 Å². The first kappa shape index (κ1) is 9.92. The van der Waals surface area contributed by atoms with Crippen LogP contribution in [0.1, 0.15) is 19.8 Å². The van der Waals surface area contributed by atoms with Crippen molar-refractivity contribution in [3.63, 3.8) is 0 Å². The van der Waals surface area contributed by atoms with Crippen molar-refractivity contribution in [1.82, 2.24) is 10.2 Å². The first-order chi connectivity index (χ1) is 4.66. The maximum Gasteiger partial charge on any atom is 0.00362 e. The lowest BCUT2D eigenvalue weighted by Gasteiger charge is -2.12. The molecule has 10 heavy (non-hydrogen) atoms. The third-order valence-corrected chi connectivity index (χ3v) is 1.74. The third-order valence-electron chi connectivity index (χ3n) is 1.74. The zero-order valence-corrected chi connectivity index (χ0v) is 7.65. The van der Waals surface area contributed by atoms with Gasteiger partial charge in [-0.15, -0.1) is 0 Å². The van der Waals surface area contributed by atoms with Crippen molar-refractivity contribution in [3.8, 4) is 0 Å². The predicted molar refractivity (Wildman–Crippen MR) is 46.3 cm³/mol. The van der Waals surface area contributed by atoms with Gasteiger partial charge >= 0.3 is 0 Å². The van der Waals surface area contributed by atoms with Gasteiger partial charge in [-0.1, -0.05) is 0 Å². The molecule has 2 nitrogen and oxygen atoms in total. The molecule has 0 aliphatic carbocycles. The lowest BCUT2D eigenvalue weighted by atomic mass is 10.2. The summed E-state index contributed by atoms with van der Waals surface area (Å²) in [6.45, 7) is 3.42. The molecule has 0 aromatic rings. The fraction of sp³-hybridized carbons (Fsp3) is 1.00. The Morgan fingerprint density at radius 1 is 1.40 bits per heavy atom. The molecule has 0 bridgehead atoms. The molecule has 0 fully saturated rings. The number of rotatable bonds is 5. The van der Waals surface area contributed by atoms with Gasteiger partial charge < -0.3 is 10.2 Å². The Hall–Kier alpha value is -0.0800. The maximum absolute atomic E-state index is 3.22. The summed E-state index contributed by atoms with van der Waals surface area (Å²) in [4.78, 5) is 2.22. The van der Waals surface area contributed by atoms with Crippen molar-refractivity contribution in [3.05, 3.63) is 0 Å². The minimum Gasteiger partial charge on any atom is -0.317 e. The van der Waals surface area contributed by atoms with Crippen molar-refractivity contribution < 1.29 is 0 Å². The van der Waals surface area contributed by atoms with E-state index in [-0.39, 0.29) is 0 Å². The van der Waals surface area contributed by atoms with Gasteiger partial charge in [-0.2, -0.15) is 0 Å². The van der Waals surface area contributed by atoms with Gasteiger partial charge in [0.1, 0.15) is 0 Å². The van der Waals surface area contributed by atoms with Gasteiger partial charge in [-0.3, -0.25) is 0 Å². The average molecular weight is 144 g/mol. The first-order valence-corrected chi connectivity index (χ1v) is 3.98. The Morgan fingerprint density at radius 3 is 2.40 bits per heavy atom. The van der Waals surface area contributed by atoms with E-state index in [1.165, 1.54) is 19.4 Å². The molecule has 62 valence electrons. The van der Waals surface area contributed by atoms with Gasteiger partial charge in [0.15, 0.2) is 0 Å². The van der Waals surface area contributed by atoms with Crippen LogP contribution in [0.15, 0.2) is 0 Å². The summed E-state index contributed by atoms with van der Waals surface area (Å²) in [6, 6.07) is 0.667. The highest BCUT2D eigenvalue weighted by molar-refractivity contribution is 4.57. The lowest BCUT2D eigenvalue weighted by molar-refractivity contribution is 0.380. The fourth-order valence-electron chi connectivity index (χ4n) is 0.858. The average Bonchev–Trinajstić information content (AvgIpc) is 1.87. The number of nitrogens with one attached hydrogen (secondary N) is 1. The van der Waals surface area contributed by atoms with Crippen LogP contribution in [0, 0.1) is 0 Å². The van der Waals surface area contributed by atoms with E-state index in [1.54, 1.807) is 0 Å². The topological polar surface area (TPSA) is 15.3 Å². The number of hydrogen-bond acceptors (Lipinski definition) is 2. The van der Waals surface area contributed by atoms with Gasteiger partial charge in [0.25, 0.3) is 0 Å². The molecule has 2 heteroatoms. The van der Waals surface area contributed by atoms with E-state index >= 15 is 0 Å². The van der Waals surface area contributed by atoms with Gasteiger partial charge in [0, 0.05) is 6.04 Å². The molecule has 0 aromatic heterocycles. The van der Waals surface area contributed by atoms with E-state index in [1.807, 2.05) is 7.05 Å². The quantitative estimate of drug-likeness (QED) is 0.617. The van der Waals surface area contributed by atoms with E-state index in [0.717, 1.165) is 0 Å². The van der Waals surface area contributed by atoms with Crippen molar-refractivity contribution in [2.45, 2.75) is 25.8 Å². The largest absolute Gasteiger partial charge is 0.317 e. The fourth-order valence-corrected chi connectivity index (χ4v) is 0.858. The molecule has 0 rings (SSSR count). The van der Waals surface area contributed by atoms with Crippen molar-refractivity contribution in [2.24, 2.45) is 0 Å². The zero-order chi connectivity index (χ0) is 7.98. The molecular formula is C8H20N2. The third kappa shape index (κ3) is 6.05. The van der Waals surface area contributed by atoms with E-state index in [9.17, 15) is 0 Å². The predicted octanol–water partition coefficient (Wildman–Crippen LogP) is 0.936. The molecule has 0 aromatic carbocycles. The minimum absolute atomic E-state index is 0.667. The molecule has 0 saturated heterocycles. The zero-order valence-electron chi connectivity index (χ0n) is 7.65. The molecule has 0 aliphatic rings. The lowest BCUT2D eigenvalue weighted by Crippen LogP contribution is -2.23. The molecule has 0 aliphatic heterocycles. The SMILES string of the molecule is CNC(C)CCCN(C)C. The molecular weight excluding hydrogens is 124 g/mol. The van der Waals surface area contributed by atoms with E-state index in [4.69, 9.17) is 0 Å². The highest BCUT2D eigenvalue weighted by atomic mass is 15.0. The van der Waals surface area contributed by atoms with Gasteiger partial charge in [-0.25, -0.2) is 0 Å². The van der Waals surface area contributed by atoms with Crippen molar-refractivity contribution in [2.75, 3.05) is 27.7 Å².